The average molecular weight is 342 g/mol. The first kappa shape index (κ1) is 17.1. The number of para-hydroxylation sites is 1. The molecule has 0 aromatic heterocycles. The number of benzene rings is 1. The second-order valence-electron chi connectivity index (χ2n) is 4.59. The third kappa shape index (κ3) is 6.50. The maximum absolute atomic E-state index is 11.8. The summed E-state index contributed by atoms with van der Waals surface area (Å²) in [7, 11) is 0. The average Bonchev–Trinajstić information content (AvgIpc) is 2.45. The molecule has 0 atom stereocenters. The highest BCUT2D eigenvalue weighted by Crippen LogP contribution is 2.20. The summed E-state index contributed by atoms with van der Waals surface area (Å²) in [6.45, 7) is 8.79. The fourth-order valence-electron chi connectivity index (χ4n) is 1.93. The van der Waals surface area contributed by atoms with Crippen LogP contribution in [0, 0.1) is 0 Å². The predicted octanol–water partition coefficient (Wildman–Crippen LogP) is 2.71. The van der Waals surface area contributed by atoms with E-state index in [1.54, 1.807) is 0 Å². The number of anilines is 1. The molecule has 0 spiro atoms. The van der Waals surface area contributed by atoms with Gasteiger partial charge in [0.2, 0.25) is 5.91 Å². The first-order chi connectivity index (χ1) is 9.67. The minimum absolute atomic E-state index is 0.0141. The lowest BCUT2D eigenvalue weighted by Crippen LogP contribution is -2.31. The molecule has 0 radical (unpaired) electrons. The second kappa shape index (κ2) is 9.91. The van der Waals surface area contributed by atoms with Gasteiger partial charge in [-0.2, -0.15) is 0 Å². The molecule has 112 valence electrons. The first-order valence-electron chi connectivity index (χ1n) is 7.14. The molecule has 5 heteroatoms. The number of hydrogen-bond acceptors (Lipinski definition) is 3. The molecule has 0 unspecified atom stereocenters. The van der Waals surface area contributed by atoms with Crippen molar-refractivity contribution in [3.05, 3.63) is 28.7 Å². The summed E-state index contributed by atoms with van der Waals surface area (Å²) in [6, 6.07) is 7.61. The molecule has 0 aliphatic carbocycles. The molecule has 4 nitrogen and oxygen atoms in total. The van der Waals surface area contributed by atoms with Crippen LogP contribution in [0.25, 0.3) is 0 Å². The third-order valence-corrected chi connectivity index (χ3v) is 3.85. The van der Waals surface area contributed by atoms with Crippen molar-refractivity contribution in [3.63, 3.8) is 0 Å². The molecule has 20 heavy (non-hydrogen) atoms. The number of halogens is 1. The van der Waals surface area contributed by atoms with Gasteiger partial charge in [-0.05, 0) is 60.7 Å². The van der Waals surface area contributed by atoms with Crippen molar-refractivity contribution in [3.8, 4) is 0 Å². The lowest BCUT2D eigenvalue weighted by atomic mass is 10.3. The van der Waals surface area contributed by atoms with E-state index in [0.29, 0.717) is 6.54 Å². The van der Waals surface area contributed by atoms with Crippen molar-refractivity contribution >= 4 is 27.5 Å². The van der Waals surface area contributed by atoms with Crippen LogP contribution < -0.4 is 10.6 Å². The van der Waals surface area contributed by atoms with Gasteiger partial charge in [0.15, 0.2) is 0 Å². The normalized spacial score (nSPS) is 10.8. The van der Waals surface area contributed by atoms with E-state index in [0.717, 1.165) is 42.8 Å². The number of rotatable bonds is 9. The lowest BCUT2D eigenvalue weighted by molar-refractivity contribution is -0.115. The first-order valence-corrected chi connectivity index (χ1v) is 7.94. The summed E-state index contributed by atoms with van der Waals surface area (Å²) in [5.41, 5.74) is 0.808. The molecule has 1 rings (SSSR count). The van der Waals surface area contributed by atoms with Crippen molar-refractivity contribution in [2.45, 2.75) is 20.3 Å². The number of nitrogens with one attached hydrogen (secondary N) is 2. The molecule has 1 aromatic rings. The summed E-state index contributed by atoms with van der Waals surface area (Å²) >= 11 is 3.41. The van der Waals surface area contributed by atoms with Gasteiger partial charge in [-0.15, -0.1) is 0 Å². The number of amides is 1. The van der Waals surface area contributed by atoms with Crippen LogP contribution in [-0.2, 0) is 4.79 Å². The minimum Gasteiger partial charge on any atom is -0.324 e. The molecule has 2 N–H and O–H groups in total. The summed E-state index contributed by atoms with van der Waals surface area (Å²) in [5, 5.41) is 6.05. The van der Waals surface area contributed by atoms with Crippen LogP contribution in [0.5, 0.6) is 0 Å². The Balaban J connectivity index is 2.16. The summed E-state index contributed by atoms with van der Waals surface area (Å²) in [5.74, 6) is -0.0141. The third-order valence-electron chi connectivity index (χ3n) is 3.16. The molecule has 1 amide bonds. The molecular weight excluding hydrogens is 318 g/mol. The zero-order valence-corrected chi connectivity index (χ0v) is 13.9. The van der Waals surface area contributed by atoms with Gasteiger partial charge in [-0.25, -0.2) is 0 Å². The lowest BCUT2D eigenvalue weighted by Gasteiger charge is -2.17. The summed E-state index contributed by atoms with van der Waals surface area (Å²) < 4.78 is 0.898. The number of carbonyl (C=O) groups excluding carboxylic acids is 1. The van der Waals surface area contributed by atoms with Crippen molar-refractivity contribution in [1.82, 2.24) is 10.2 Å². The zero-order chi connectivity index (χ0) is 14.8. The Morgan fingerprint density at radius 3 is 2.60 bits per heavy atom. The van der Waals surface area contributed by atoms with Gasteiger partial charge in [0.05, 0.1) is 12.2 Å². The summed E-state index contributed by atoms with van der Waals surface area (Å²) in [4.78, 5) is 14.1. The molecule has 0 saturated heterocycles. The van der Waals surface area contributed by atoms with Gasteiger partial charge >= 0.3 is 0 Å². The Bertz CT molecular complexity index is 408. The molecule has 0 heterocycles. The molecule has 0 fully saturated rings. The minimum atomic E-state index is -0.0141. The Morgan fingerprint density at radius 1 is 1.25 bits per heavy atom. The molecule has 0 aliphatic heterocycles. The van der Waals surface area contributed by atoms with Crippen molar-refractivity contribution in [2.24, 2.45) is 0 Å². The standard InChI is InChI=1S/C15H24BrN3O/c1-3-19(4-2)11-7-10-17-12-15(20)18-14-9-6-5-8-13(14)16/h5-6,8-9,17H,3-4,7,10-12H2,1-2H3,(H,18,20). The zero-order valence-electron chi connectivity index (χ0n) is 12.3. The van der Waals surface area contributed by atoms with Gasteiger partial charge in [-0.1, -0.05) is 26.0 Å². The molecule has 0 aliphatic rings. The number of carbonyl (C=O) groups is 1. The Labute approximate surface area is 130 Å². The van der Waals surface area contributed by atoms with E-state index in [2.05, 4.69) is 45.3 Å². The molecule has 1 aromatic carbocycles. The monoisotopic (exact) mass is 341 g/mol. The van der Waals surface area contributed by atoms with Gasteiger partial charge in [0, 0.05) is 4.47 Å². The van der Waals surface area contributed by atoms with Crippen LogP contribution in [0.2, 0.25) is 0 Å². The highest BCUT2D eigenvalue weighted by atomic mass is 79.9. The van der Waals surface area contributed by atoms with Gasteiger partial charge < -0.3 is 15.5 Å². The van der Waals surface area contributed by atoms with E-state index in [1.807, 2.05) is 24.3 Å². The fourth-order valence-corrected chi connectivity index (χ4v) is 2.31. The van der Waals surface area contributed by atoms with E-state index in [1.165, 1.54) is 0 Å². The Morgan fingerprint density at radius 2 is 1.95 bits per heavy atom. The summed E-state index contributed by atoms with van der Waals surface area (Å²) in [6.07, 6.45) is 1.06. The van der Waals surface area contributed by atoms with Crippen LogP contribution in [0.15, 0.2) is 28.7 Å². The predicted molar refractivity (Wildman–Crippen MR) is 88.0 cm³/mol. The van der Waals surface area contributed by atoms with Crippen molar-refractivity contribution in [1.29, 1.82) is 0 Å². The van der Waals surface area contributed by atoms with Crippen LogP contribution in [0.4, 0.5) is 5.69 Å². The van der Waals surface area contributed by atoms with Crippen LogP contribution in [0.3, 0.4) is 0 Å². The quantitative estimate of drug-likeness (QED) is 0.679. The van der Waals surface area contributed by atoms with Crippen LogP contribution in [0.1, 0.15) is 20.3 Å². The van der Waals surface area contributed by atoms with Crippen LogP contribution >= 0.6 is 15.9 Å². The van der Waals surface area contributed by atoms with Crippen molar-refractivity contribution in [2.75, 3.05) is 38.0 Å². The molecule has 0 saturated carbocycles. The largest absolute Gasteiger partial charge is 0.324 e. The molecule has 0 bridgehead atoms. The second-order valence-corrected chi connectivity index (χ2v) is 5.44. The fraction of sp³-hybridized carbons (Fsp3) is 0.533. The van der Waals surface area contributed by atoms with Gasteiger partial charge in [-0.3, -0.25) is 4.79 Å². The van der Waals surface area contributed by atoms with Gasteiger partial charge in [0.25, 0.3) is 0 Å². The van der Waals surface area contributed by atoms with E-state index in [-0.39, 0.29) is 5.91 Å². The maximum Gasteiger partial charge on any atom is 0.238 e. The van der Waals surface area contributed by atoms with Gasteiger partial charge in [0.1, 0.15) is 0 Å². The number of nitrogens with zero attached hydrogens (tertiary/aromatic N) is 1. The Kier molecular flexibility index (Phi) is 8.49. The SMILES string of the molecule is CCN(CC)CCCNCC(=O)Nc1ccccc1Br. The number of hydrogen-bond donors (Lipinski definition) is 2. The van der Waals surface area contributed by atoms with E-state index in [4.69, 9.17) is 0 Å². The van der Waals surface area contributed by atoms with Crippen molar-refractivity contribution < 1.29 is 4.79 Å². The smallest absolute Gasteiger partial charge is 0.238 e. The maximum atomic E-state index is 11.8. The van der Waals surface area contributed by atoms with E-state index >= 15 is 0 Å². The van der Waals surface area contributed by atoms with E-state index < -0.39 is 0 Å². The Hall–Kier alpha value is -0.910. The topological polar surface area (TPSA) is 44.4 Å². The molecular formula is C15H24BrN3O. The highest BCUT2D eigenvalue weighted by molar-refractivity contribution is 9.10. The van der Waals surface area contributed by atoms with E-state index in [9.17, 15) is 4.79 Å². The van der Waals surface area contributed by atoms with Crippen LogP contribution in [-0.4, -0.2) is 43.5 Å². The highest BCUT2D eigenvalue weighted by Gasteiger charge is 2.04.